The van der Waals surface area contributed by atoms with E-state index in [0.717, 1.165) is 25.1 Å². The van der Waals surface area contributed by atoms with Crippen LogP contribution in [0.1, 0.15) is 41.1 Å². The highest BCUT2D eigenvalue weighted by Crippen LogP contribution is 2.39. The zero-order chi connectivity index (χ0) is 23.7. The van der Waals surface area contributed by atoms with Gasteiger partial charge in [0.25, 0.3) is 5.91 Å². The minimum atomic E-state index is -0.562. The van der Waals surface area contributed by atoms with E-state index in [1.807, 2.05) is 31.2 Å². The Hall–Kier alpha value is -2.87. The number of halogens is 1. The fourth-order valence-corrected chi connectivity index (χ4v) is 4.81. The second kappa shape index (κ2) is 9.78. The number of hydrogen-bond acceptors (Lipinski definition) is 6. The van der Waals surface area contributed by atoms with Gasteiger partial charge in [0.1, 0.15) is 11.3 Å². The summed E-state index contributed by atoms with van der Waals surface area (Å²) in [5.74, 6) is 0.537. The molecule has 2 aliphatic rings. The number of carbonyl (C=O) groups excluding carboxylic acids is 1. The summed E-state index contributed by atoms with van der Waals surface area (Å²) in [6.07, 6.45) is 0.886. The summed E-state index contributed by atoms with van der Waals surface area (Å²) in [5.41, 5.74) is 1.30. The van der Waals surface area contributed by atoms with Crippen LogP contribution < -0.4 is 10.2 Å². The van der Waals surface area contributed by atoms with Crippen molar-refractivity contribution in [2.45, 2.75) is 19.4 Å². The molecule has 0 spiro atoms. The predicted molar refractivity (Wildman–Crippen MR) is 130 cm³/mol. The smallest absolute Gasteiger partial charge is 0.290 e. The molecule has 0 N–H and O–H groups in total. The normalized spacial score (nSPS) is 18.5. The van der Waals surface area contributed by atoms with Crippen LogP contribution in [-0.4, -0.2) is 61.7 Å². The molecule has 5 rings (SSSR count). The number of benzene rings is 2. The number of rotatable bonds is 7. The predicted octanol–water partition coefficient (Wildman–Crippen LogP) is 4.11. The monoisotopic (exact) mass is 482 g/mol. The number of morpholine rings is 1. The molecule has 7 nitrogen and oxygen atoms in total. The minimum Gasteiger partial charge on any atom is -0.494 e. The Morgan fingerprint density at radius 2 is 1.91 bits per heavy atom. The summed E-state index contributed by atoms with van der Waals surface area (Å²) in [4.78, 5) is 31.2. The van der Waals surface area contributed by atoms with Gasteiger partial charge in [0, 0.05) is 31.2 Å². The van der Waals surface area contributed by atoms with Crippen molar-refractivity contribution in [2.24, 2.45) is 0 Å². The van der Waals surface area contributed by atoms with Crippen LogP contribution in [0.5, 0.6) is 5.75 Å². The van der Waals surface area contributed by atoms with Gasteiger partial charge in [0.15, 0.2) is 5.43 Å². The molecular formula is C26H27ClN2O5. The van der Waals surface area contributed by atoms with Crippen molar-refractivity contribution in [1.29, 1.82) is 0 Å². The molecule has 1 unspecified atom stereocenters. The molecule has 1 saturated heterocycles. The Balaban J connectivity index is 1.59. The van der Waals surface area contributed by atoms with Gasteiger partial charge >= 0.3 is 0 Å². The van der Waals surface area contributed by atoms with Gasteiger partial charge < -0.3 is 18.8 Å². The van der Waals surface area contributed by atoms with E-state index in [1.165, 1.54) is 0 Å². The molecular weight excluding hydrogens is 456 g/mol. The second-order valence-corrected chi connectivity index (χ2v) is 9.03. The summed E-state index contributed by atoms with van der Waals surface area (Å²) in [6, 6.07) is 11.9. The number of amides is 1. The number of hydrogen-bond donors (Lipinski definition) is 0. The van der Waals surface area contributed by atoms with Crippen LogP contribution in [-0.2, 0) is 4.74 Å². The van der Waals surface area contributed by atoms with E-state index < -0.39 is 6.04 Å². The van der Waals surface area contributed by atoms with Crippen LogP contribution in [0.2, 0.25) is 5.02 Å². The molecule has 1 atom stereocenters. The highest BCUT2D eigenvalue weighted by atomic mass is 35.5. The molecule has 3 heterocycles. The minimum absolute atomic E-state index is 0.103. The van der Waals surface area contributed by atoms with Gasteiger partial charge in [-0.3, -0.25) is 14.5 Å². The van der Waals surface area contributed by atoms with Gasteiger partial charge in [0.05, 0.1) is 36.8 Å². The summed E-state index contributed by atoms with van der Waals surface area (Å²) < 4.78 is 17.3. The van der Waals surface area contributed by atoms with Gasteiger partial charge in [-0.15, -0.1) is 0 Å². The largest absolute Gasteiger partial charge is 0.494 e. The average molecular weight is 483 g/mol. The van der Waals surface area contributed by atoms with E-state index in [4.69, 9.17) is 25.5 Å². The van der Waals surface area contributed by atoms with Crippen LogP contribution in [0.4, 0.5) is 0 Å². The quantitative estimate of drug-likeness (QED) is 0.504. The van der Waals surface area contributed by atoms with Crippen LogP contribution in [0, 0.1) is 0 Å². The van der Waals surface area contributed by atoms with Crippen molar-refractivity contribution >= 4 is 28.5 Å². The zero-order valence-electron chi connectivity index (χ0n) is 19.1. The fraction of sp³-hybridized carbons (Fsp3) is 0.385. The third kappa shape index (κ3) is 4.31. The van der Waals surface area contributed by atoms with Crippen molar-refractivity contribution in [1.82, 2.24) is 9.80 Å². The molecule has 0 radical (unpaired) electrons. The molecule has 1 amide bonds. The van der Waals surface area contributed by atoms with Gasteiger partial charge in [-0.2, -0.15) is 0 Å². The van der Waals surface area contributed by atoms with Crippen LogP contribution in [0.15, 0.2) is 51.7 Å². The highest BCUT2D eigenvalue weighted by Gasteiger charge is 2.42. The maximum atomic E-state index is 13.7. The Kier molecular flexibility index (Phi) is 6.59. The van der Waals surface area contributed by atoms with Gasteiger partial charge in [-0.25, -0.2) is 0 Å². The van der Waals surface area contributed by atoms with E-state index in [0.29, 0.717) is 60.2 Å². The molecule has 3 aromatic rings. The molecule has 1 fully saturated rings. The molecule has 34 heavy (non-hydrogen) atoms. The van der Waals surface area contributed by atoms with Crippen LogP contribution in [0.25, 0.3) is 11.0 Å². The molecule has 0 saturated carbocycles. The number of fused-ring (bicyclic) bond motifs is 2. The Morgan fingerprint density at radius 3 is 2.71 bits per heavy atom. The molecule has 1 aromatic heterocycles. The lowest BCUT2D eigenvalue weighted by Gasteiger charge is -2.31. The number of carbonyl (C=O) groups is 1. The van der Waals surface area contributed by atoms with E-state index in [2.05, 4.69) is 4.90 Å². The van der Waals surface area contributed by atoms with Gasteiger partial charge in [0.2, 0.25) is 5.76 Å². The van der Waals surface area contributed by atoms with E-state index in [-0.39, 0.29) is 17.1 Å². The average Bonchev–Trinajstić information content (AvgIpc) is 3.14. The van der Waals surface area contributed by atoms with Crippen molar-refractivity contribution in [3.8, 4) is 5.75 Å². The van der Waals surface area contributed by atoms with Crippen LogP contribution in [0.3, 0.4) is 0 Å². The SMILES string of the molecule is CCCOc1cccc(C2c3c(oc4ccc(Cl)cc4c3=O)C(=O)N2CCN2CCOCC2)c1. The summed E-state index contributed by atoms with van der Waals surface area (Å²) in [6.45, 7) is 6.79. The maximum Gasteiger partial charge on any atom is 0.290 e. The maximum absolute atomic E-state index is 13.7. The summed E-state index contributed by atoms with van der Waals surface area (Å²) in [5, 5.41) is 0.817. The fourth-order valence-electron chi connectivity index (χ4n) is 4.64. The first kappa shape index (κ1) is 22.9. The molecule has 0 bridgehead atoms. The highest BCUT2D eigenvalue weighted by molar-refractivity contribution is 6.31. The standard InChI is InChI=1S/C26H27ClN2O5/c1-2-12-33-19-5-3-4-17(15-19)23-22-24(30)20-16-18(27)6-7-21(20)34-25(22)26(31)29(23)9-8-28-10-13-32-14-11-28/h3-7,15-16,23H,2,8-14H2,1H3. The first-order valence-electron chi connectivity index (χ1n) is 11.7. The van der Waals surface area contributed by atoms with Crippen molar-refractivity contribution in [3.05, 3.63) is 74.6 Å². The van der Waals surface area contributed by atoms with Crippen molar-refractivity contribution < 1.29 is 18.7 Å². The number of nitrogens with zero attached hydrogens (tertiary/aromatic N) is 2. The lowest BCUT2D eigenvalue weighted by molar-refractivity contribution is 0.0314. The first-order valence-corrected chi connectivity index (χ1v) is 12.0. The molecule has 178 valence electrons. The lowest BCUT2D eigenvalue weighted by Crippen LogP contribution is -2.42. The Labute approximate surface area is 202 Å². The third-order valence-corrected chi connectivity index (χ3v) is 6.57. The molecule has 2 aliphatic heterocycles. The van der Waals surface area contributed by atoms with Crippen molar-refractivity contribution in [2.75, 3.05) is 46.0 Å². The first-order chi connectivity index (χ1) is 16.6. The second-order valence-electron chi connectivity index (χ2n) is 8.59. The van der Waals surface area contributed by atoms with E-state index >= 15 is 0 Å². The summed E-state index contributed by atoms with van der Waals surface area (Å²) >= 11 is 6.17. The van der Waals surface area contributed by atoms with Gasteiger partial charge in [-0.1, -0.05) is 30.7 Å². The Morgan fingerprint density at radius 1 is 1.09 bits per heavy atom. The lowest BCUT2D eigenvalue weighted by atomic mass is 9.98. The third-order valence-electron chi connectivity index (χ3n) is 6.34. The molecule has 8 heteroatoms. The zero-order valence-corrected chi connectivity index (χ0v) is 19.8. The van der Waals surface area contributed by atoms with Crippen molar-refractivity contribution in [3.63, 3.8) is 0 Å². The van der Waals surface area contributed by atoms with Gasteiger partial charge in [-0.05, 0) is 42.3 Å². The summed E-state index contributed by atoms with van der Waals surface area (Å²) in [7, 11) is 0. The van der Waals surface area contributed by atoms with E-state index in [9.17, 15) is 9.59 Å². The Bertz CT molecular complexity index is 1270. The molecule has 2 aromatic carbocycles. The van der Waals surface area contributed by atoms with E-state index in [1.54, 1.807) is 23.1 Å². The topological polar surface area (TPSA) is 72.2 Å². The molecule has 0 aliphatic carbocycles. The van der Waals surface area contributed by atoms with Crippen LogP contribution >= 0.6 is 11.6 Å². The number of ether oxygens (including phenoxy) is 2.